The molecule has 1 aromatic carbocycles. The first-order valence-electron chi connectivity index (χ1n) is 5.17. The Morgan fingerprint density at radius 2 is 2.17 bits per heavy atom. The molecule has 2 rings (SSSR count). The number of nitrogens with zero attached hydrogens (tertiary/aromatic N) is 2. The molecule has 5 nitrogen and oxygen atoms in total. The van der Waals surface area contributed by atoms with Crippen LogP contribution in [-0.4, -0.2) is 15.8 Å². The fourth-order valence-electron chi connectivity index (χ4n) is 1.37. The molecule has 1 aromatic heterocycles. The lowest BCUT2D eigenvalue weighted by atomic mass is 10.2. The van der Waals surface area contributed by atoms with Crippen LogP contribution in [-0.2, 0) is 0 Å². The van der Waals surface area contributed by atoms with E-state index in [2.05, 4.69) is 25.9 Å². The number of ether oxygens (including phenoxy) is 1. The van der Waals surface area contributed by atoms with Crippen LogP contribution in [0, 0.1) is 12.3 Å². The minimum absolute atomic E-state index is 0.116. The highest BCUT2D eigenvalue weighted by atomic mass is 79.9. The quantitative estimate of drug-likeness (QED) is 0.674. The summed E-state index contributed by atoms with van der Waals surface area (Å²) in [6.07, 6.45) is 1.51. The molecule has 92 valence electrons. The van der Waals surface area contributed by atoms with Gasteiger partial charge in [0.1, 0.15) is 17.3 Å². The fraction of sp³-hybridized carbons (Fsp3) is 0.0833. The second-order valence-corrected chi connectivity index (χ2v) is 4.57. The van der Waals surface area contributed by atoms with Crippen molar-refractivity contribution in [3.8, 4) is 11.8 Å². The largest absolute Gasteiger partial charge is 0.424 e. The normalized spacial score (nSPS) is 10.1. The van der Waals surface area contributed by atoms with Gasteiger partial charge in [0, 0.05) is 10.7 Å². The number of halogens is 1. The first kappa shape index (κ1) is 12.5. The molecule has 2 aromatic rings. The number of nitrogens with one attached hydrogen (secondary N) is 1. The van der Waals surface area contributed by atoms with Gasteiger partial charge in [-0.05, 0) is 36.8 Å². The van der Waals surface area contributed by atoms with Gasteiger partial charge in [-0.1, -0.05) is 15.9 Å². The summed E-state index contributed by atoms with van der Waals surface area (Å²) >= 11 is 3.38. The van der Waals surface area contributed by atoms with Crippen LogP contribution in [0.4, 0.5) is 0 Å². The van der Waals surface area contributed by atoms with Gasteiger partial charge in [0.15, 0.2) is 0 Å². The van der Waals surface area contributed by atoms with Crippen molar-refractivity contribution in [3.05, 3.63) is 46.2 Å². The number of nitrogen functional groups attached to an aromatic ring is 1. The summed E-state index contributed by atoms with van der Waals surface area (Å²) in [5.74, 6) is 0.550. The van der Waals surface area contributed by atoms with Crippen LogP contribution in [0.1, 0.15) is 11.3 Å². The molecule has 0 saturated carbocycles. The van der Waals surface area contributed by atoms with Crippen molar-refractivity contribution >= 4 is 21.8 Å². The van der Waals surface area contributed by atoms with Crippen molar-refractivity contribution in [2.75, 3.05) is 0 Å². The number of amidine groups is 1. The Morgan fingerprint density at radius 3 is 2.83 bits per heavy atom. The molecule has 0 aliphatic heterocycles. The topological polar surface area (TPSA) is 84.9 Å². The van der Waals surface area contributed by atoms with Crippen LogP contribution in [0.3, 0.4) is 0 Å². The van der Waals surface area contributed by atoms with Crippen LogP contribution in [0.5, 0.6) is 11.8 Å². The van der Waals surface area contributed by atoms with Crippen molar-refractivity contribution in [1.29, 1.82) is 5.41 Å². The van der Waals surface area contributed by atoms with Crippen LogP contribution >= 0.6 is 15.9 Å². The van der Waals surface area contributed by atoms with Crippen molar-refractivity contribution in [3.63, 3.8) is 0 Å². The molecule has 1 heterocycles. The third-order valence-corrected chi connectivity index (χ3v) is 2.74. The van der Waals surface area contributed by atoms with Crippen molar-refractivity contribution in [2.45, 2.75) is 6.92 Å². The highest BCUT2D eigenvalue weighted by Crippen LogP contribution is 2.25. The van der Waals surface area contributed by atoms with Crippen molar-refractivity contribution in [2.24, 2.45) is 5.73 Å². The van der Waals surface area contributed by atoms with E-state index < -0.39 is 0 Å². The van der Waals surface area contributed by atoms with Crippen LogP contribution in [0.15, 0.2) is 34.9 Å². The average Bonchev–Trinajstić information content (AvgIpc) is 2.33. The average molecular weight is 307 g/mol. The first-order chi connectivity index (χ1) is 8.56. The van der Waals surface area contributed by atoms with Gasteiger partial charge >= 0.3 is 6.01 Å². The molecular weight excluding hydrogens is 296 g/mol. The number of hydrogen-bond acceptors (Lipinski definition) is 4. The summed E-state index contributed by atoms with van der Waals surface area (Å²) in [5.41, 5.74) is 6.66. The van der Waals surface area contributed by atoms with E-state index in [0.29, 0.717) is 11.4 Å². The van der Waals surface area contributed by atoms with Gasteiger partial charge in [-0.25, -0.2) is 4.98 Å². The Labute approximate surface area is 113 Å². The first-order valence-corrected chi connectivity index (χ1v) is 5.97. The molecule has 0 aliphatic rings. The maximum absolute atomic E-state index is 7.31. The number of aryl methyl sites for hydroxylation is 1. The van der Waals surface area contributed by atoms with Crippen LogP contribution in [0.2, 0.25) is 0 Å². The predicted octanol–water partition coefficient (Wildman–Crippen LogP) is 2.62. The van der Waals surface area contributed by atoms with Gasteiger partial charge in [-0.15, -0.1) is 0 Å². The van der Waals surface area contributed by atoms with E-state index in [-0.39, 0.29) is 11.8 Å². The molecule has 0 unspecified atom stereocenters. The molecule has 0 saturated heterocycles. The molecular formula is C12H11BrN4O. The zero-order chi connectivity index (χ0) is 13.1. The maximum atomic E-state index is 7.31. The lowest BCUT2D eigenvalue weighted by molar-refractivity contribution is 0.438. The molecule has 0 bridgehead atoms. The smallest absolute Gasteiger partial charge is 0.322 e. The number of hydrogen-bond donors (Lipinski definition) is 2. The number of aromatic nitrogens is 2. The molecule has 6 heteroatoms. The third kappa shape index (κ3) is 2.84. The number of benzene rings is 1. The van der Waals surface area contributed by atoms with Gasteiger partial charge in [-0.3, -0.25) is 5.41 Å². The predicted molar refractivity (Wildman–Crippen MR) is 72.0 cm³/mol. The van der Waals surface area contributed by atoms with E-state index in [4.69, 9.17) is 15.9 Å². The van der Waals surface area contributed by atoms with E-state index in [9.17, 15) is 0 Å². The Hall–Kier alpha value is -1.95. The lowest BCUT2D eigenvalue weighted by Crippen LogP contribution is -2.13. The molecule has 0 radical (unpaired) electrons. The lowest BCUT2D eigenvalue weighted by Gasteiger charge is -2.07. The summed E-state index contributed by atoms with van der Waals surface area (Å²) in [6, 6.07) is 7.36. The van der Waals surface area contributed by atoms with Gasteiger partial charge in [0.25, 0.3) is 0 Å². The molecule has 0 amide bonds. The summed E-state index contributed by atoms with van der Waals surface area (Å²) in [4.78, 5) is 8.02. The summed E-state index contributed by atoms with van der Waals surface area (Å²) in [5, 5.41) is 7.31. The Morgan fingerprint density at radius 1 is 1.39 bits per heavy atom. The van der Waals surface area contributed by atoms with Crippen molar-refractivity contribution < 1.29 is 4.74 Å². The van der Waals surface area contributed by atoms with Gasteiger partial charge < -0.3 is 10.5 Å². The van der Waals surface area contributed by atoms with Gasteiger partial charge in [0.05, 0.1) is 0 Å². The maximum Gasteiger partial charge on any atom is 0.322 e. The Bertz CT molecular complexity index is 600. The minimum atomic E-state index is -0.116. The number of nitrogens with two attached hydrogens (primary N) is 1. The molecule has 0 aliphatic carbocycles. The number of rotatable bonds is 3. The second-order valence-electron chi connectivity index (χ2n) is 3.65. The molecule has 0 atom stereocenters. The highest BCUT2D eigenvalue weighted by Gasteiger charge is 2.06. The molecule has 0 fully saturated rings. The molecule has 18 heavy (non-hydrogen) atoms. The third-order valence-electron chi connectivity index (χ3n) is 2.25. The summed E-state index contributed by atoms with van der Waals surface area (Å²) in [7, 11) is 0. The monoisotopic (exact) mass is 306 g/mol. The Kier molecular flexibility index (Phi) is 3.57. The zero-order valence-corrected chi connectivity index (χ0v) is 11.2. The van der Waals surface area contributed by atoms with Gasteiger partial charge in [0.2, 0.25) is 0 Å². The Balaban J connectivity index is 2.28. The summed E-state index contributed by atoms with van der Waals surface area (Å²) in [6.45, 7) is 1.93. The van der Waals surface area contributed by atoms with Crippen LogP contribution in [0.25, 0.3) is 0 Å². The van der Waals surface area contributed by atoms with E-state index in [1.54, 1.807) is 6.07 Å². The fourth-order valence-corrected chi connectivity index (χ4v) is 1.84. The van der Waals surface area contributed by atoms with Crippen molar-refractivity contribution in [1.82, 2.24) is 9.97 Å². The second kappa shape index (κ2) is 5.14. The van der Waals surface area contributed by atoms with Gasteiger partial charge in [-0.2, -0.15) is 4.98 Å². The van der Waals surface area contributed by atoms with E-state index in [0.717, 1.165) is 10.0 Å². The SMILES string of the molecule is Cc1cc(Br)ccc1Oc1nccc(C(=N)N)n1. The highest BCUT2D eigenvalue weighted by molar-refractivity contribution is 9.10. The van der Waals surface area contributed by atoms with E-state index >= 15 is 0 Å². The minimum Gasteiger partial charge on any atom is -0.424 e. The summed E-state index contributed by atoms with van der Waals surface area (Å²) < 4.78 is 6.54. The standard InChI is InChI=1S/C12H11BrN4O/c1-7-6-8(13)2-3-10(7)18-12-16-5-4-9(17-12)11(14)15/h2-6H,1H3,(H3,14,15). The van der Waals surface area contributed by atoms with E-state index in [1.165, 1.54) is 6.20 Å². The molecule has 0 spiro atoms. The molecule has 3 N–H and O–H groups in total. The van der Waals surface area contributed by atoms with Crippen LogP contribution < -0.4 is 10.5 Å². The zero-order valence-electron chi connectivity index (χ0n) is 9.64. The van der Waals surface area contributed by atoms with E-state index in [1.807, 2.05) is 25.1 Å².